The van der Waals surface area contributed by atoms with Gasteiger partial charge in [-0.2, -0.15) is 0 Å². The lowest BCUT2D eigenvalue weighted by Crippen LogP contribution is -2.47. The molecule has 1 aliphatic heterocycles. The van der Waals surface area contributed by atoms with Crippen molar-refractivity contribution >= 4 is 17.5 Å². The molecule has 0 spiro atoms. The Labute approximate surface area is 154 Å². The summed E-state index contributed by atoms with van der Waals surface area (Å²) in [6, 6.07) is 6.88. The first-order chi connectivity index (χ1) is 12.6. The van der Waals surface area contributed by atoms with E-state index in [2.05, 4.69) is 10.6 Å². The Bertz CT molecular complexity index is 622. The lowest BCUT2D eigenvalue weighted by atomic mass is 9.97. The van der Waals surface area contributed by atoms with E-state index in [1.54, 1.807) is 0 Å². The molecule has 2 amide bonds. The monoisotopic (exact) mass is 360 g/mol. The molecule has 1 aromatic carbocycles. The summed E-state index contributed by atoms with van der Waals surface area (Å²) in [5.74, 6) is 0.571. The van der Waals surface area contributed by atoms with Crippen LogP contribution in [0.1, 0.15) is 45.4 Å². The fraction of sp³-hybridized carbons (Fsp3) is 0.600. The highest BCUT2D eigenvalue weighted by molar-refractivity contribution is 5.97. The molecule has 3 rings (SSSR count). The van der Waals surface area contributed by atoms with E-state index >= 15 is 0 Å². The first-order valence-corrected chi connectivity index (χ1v) is 9.54. The molecule has 0 bridgehead atoms. The molecule has 2 N–H and O–H groups in total. The maximum Gasteiger partial charge on any atom is 0.247 e. The van der Waals surface area contributed by atoms with Crippen LogP contribution in [0.5, 0.6) is 5.75 Å². The summed E-state index contributed by atoms with van der Waals surface area (Å²) in [6.45, 7) is 2.78. The van der Waals surface area contributed by atoms with Crippen molar-refractivity contribution in [2.45, 2.75) is 57.6 Å². The molecule has 2 atom stereocenters. The van der Waals surface area contributed by atoms with Crippen LogP contribution in [0.25, 0.3) is 0 Å². The SMILES string of the molecule is CC(=O)NC(C(=O)Nc1cccc(OCC2CCCO2)c1)C1CCCC1. The molecule has 6 nitrogen and oxygen atoms in total. The topological polar surface area (TPSA) is 76.7 Å². The molecule has 1 aliphatic carbocycles. The van der Waals surface area contributed by atoms with E-state index in [9.17, 15) is 9.59 Å². The van der Waals surface area contributed by atoms with Gasteiger partial charge in [0.2, 0.25) is 11.8 Å². The molecule has 26 heavy (non-hydrogen) atoms. The number of ether oxygens (including phenoxy) is 2. The van der Waals surface area contributed by atoms with Crippen molar-refractivity contribution in [3.63, 3.8) is 0 Å². The summed E-state index contributed by atoms with van der Waals surface area (Å²) < 4.78 is 11.4. The maximum absolute atomic E-state index is 12.7. The van der Waals surface area contributed by atoms with Gasteiger partial charge in [-0.15, -0.1) is 0 Å². The van der Waals surface area contributed by atoms with Crippen molar-refractivity contribution in [2.75, 3.05) is 18.5 Å². The highest BCUT2D eigenvalue weighted by Crippen LogP contribution is 2.29. The van der Waals surface area contributed by atoms with Crippen molar-refractivity contribution in [1.82, 2.24) is 5.32 Å². The highest BCUT2D eigenvalue weighted by atomic mass is 16.5. The van der Waals surface area contributed by atoms with Gasteiger partial charge in [0.1, 0.15) is 18.4 Å². The number of benzene rings is 1. The van der Waals surface area contributed by atoms with Gasteiger partial charge in [-0.25, -0.2) is 0 Å². The lowest BCUT2D eigenvalue weighted by molar-refractivity contribution is -0.126. The molecule has 2 fully saturated rings. The zero-order valence-corrected chi connectivity index (χ0v) is 15.3. The number of amides is 2. The van der Waals surface area contributed by atoms with Gasteiger partial charge in [-0.1, -0.05) is 18.9 Å². The van der Waals surface area contributed by atoms with Crippen LogP contribution in [0.3, 0.4) is 0 Å². The number of rotatable bonds is 7. The lowest BCUT2D eigenvalue weighted by Gasteiger charge is -2.23. The number of nitrogens with one attached hydrogen (secondary N) is 2. The minimum Gasteiger partial charge on any atom is -0.491 e. The third-order valence-corrected chi connectivity index (χ3v) is 5.07. The summed E-state index contributed by atoms with van der Waals surface area (Å²) >= 11 is 0. The Hall–Kier alpha value is -2.08. The van der Waals surface area contributed by atoms with E-state index < -0.39 is 6.04 Å². The average Bonchev–Trinajstić information content (AvgIpc) is 3.31. The third kappa shape index (κ3) is 5.21. The van der Waals surface area contributed by atoms with E-state index in [1.165, 1.54) is 6.92 Å². The molecule has 142 valence electrons. The summed E-state index contributed by atoms with van der Waals surface area (Å²) in [5, 5.41) is 5.75. The molecular formula is C20H28N2O4. The van der Waals surface area contributed by atoms with Crippen molar-refractivity contribution in [3.8, 4) is 5.75 Å². The van der Waals surface area contributed by atoms with E-state index in [0.717, 1.165) is 45.1 Å². The van der Waals surface area contributed by atoms with Crippen LogP contribution < -0.4 is 15.4 Å². The normalized spacial score (nSPS) is 21.3. The Morgan fingerprint density at radius 3 is 2.73 bits per heavy atom. The maximum atomic E-state index is 12.7. The van der Waals surface area contributed by atoms with E-state index in [-0.39, 0.29) is 23.8 Å². The van der Waals surface area contributed by atoms with Gasteiger partial charge in [-0.05, 0) is 43.7 Å². The molecule has 0 aromatic heterocycles. The van der Waals surface area contributed by atoms with Crippen LogP contribution in [-0.4, -0.2) is 37.2 Å². The molecule has 6 heteroatoms. The quantitative estimate of drug-likeness (QED) is 0.784. The predicted molar refractivity (Wildman–Crippen MR) is 99.1 cm³/mol. The minimum absolute atomic E-state index is 0.153. The zero-order valence-electron chi connectivity index (χ0n) is 15.3. The van der Waals surface area contributed by atoms with E-state index in [1.807, 2.05) is 24.3 Å². The molecule has 2 unspecified atom stereocenters. The number of carbonyl (C=O) groups is 2. The number of hydrogen-bond donors (Lipinski definition) is 2. The Kier molecular flexibility index (Phi) is 6.50. The van der Waals surface area contributed by atoms with Crippen molar-refractivity contribution in [1.29, 1.82) is 0 Å². The second-order valence-corrected chi connectivity index (χ2v) is 7.19. The van der Waals surface area contributed by atoms with Gasteiger partial charge in [-0.3, -0.25) is 9.59 Å². The largest absolute Gasteiger partial charge is 0.491 e. The van der Waals surface area contributed by atoms with Crippen LogP contribution in [-0.2, 0) is 14.3 Å². The summed E-state index contributed by atoms with van der Waals surface area (Å²) in [7, 11) is 0. The first kappa shape index (κ1) is 18.7. The second-order valence-electron chi connectivity index (χ2n) is 7.19. The first-order valence-electron chi connectivity index (χ1n) is 9.54. The van der Waals surface area contributed by atoms with Crippen LogP contribution in [0, 0.1) is 5.92 Å². The summed E-state index contributed by atoms with van der Waals surface area (Å²) in [4.78, 5) is 24.2. The van der Waals surface area contributed by atoms with Crippen molar-refractivity contribution < 1.29 is 19.1 Å². The van der Waals surface area contributed by atoms with Crippen molar-refractivity contribution in [2.24, 2.45) is 5.92 Å². The fourth-order valence-corrected chi connectivity index (χ4v) is 3.76. The standard InChI is InChI=1S/C20H28N2O4/c1-14(23)21-19(15-6-2-3-7-15)20(24)22-16-8-4-9-17(12-16)26-13-18-10-5-11-25-18/h4,8-9,12,15,18-19H,2-3,5-7,10-11,13H2,1H3,(H,21,23)(H,22,24). The van der Waals surface area contributed by atoms with Gasteiger partial charge in [0.25, 0.3) is 0 Å². The smallest absolute Gasteiger partial charge is 0.247 e. The second kappa shape index (κ2) is 9.03. The van der Waals surface area contributed by atoms with Crippen molar-refractivity contribution in [3.05, 3.63) is 24.3 Å². The van der Waals surface area contributed by atoms with Gasteiger partial charge < -0.3 is 20.1 Å². The Morgan fingerprint density at radius 2 is 2.04 bits per heavy atom. The zero-order chi connectivity index (χ0) is 18.4. The fourth-order valence-electron chi connectivity index (χ4n) is 3.76. The minimum atomic E-state index is -0.480. The summed E-state index contributed by atoms with van der Waals surface area (Å²) in [6.07, 6.45) is 6.43. The Balaban J connectivity index is 1.59. The molecule has 1 saturated carbocycles. The Morgan fingerprint density at radius 1 is 1.23 bits per heavy atom. The molecule has 1 aromatic rings. The molecule has 2 aliphatic rings. The van der Waals surface area contributed by atoms with Crippen LogP contribution >= 0.6 is 0 Å². The average molecular weight is 360 g/mol. The molecule has 0 radical (unpaired) electrons. The predicted octanol–water partition coefficient (Wildman–Crippen LogP) is 2.88. The van der Waals surface area contributed by atoms with Gasteiger partial charge in [0.05, 0.1) is 6.10 Å². The number of hydrogen-bond acceptors (Lipinski definition) is 4. The van der Waals surface area contributed by atoms with Crippen LogP contribution in [0.4, 0.5) is 5.69 Å². The van der Waals surface area contributed by atoms with E-state index in [4.69, 9.17) is 9.47 Å². The van der Waals surface area contributed by atoms with Crippen LogP contribution in [0.15, 0.2) is 24.3 Å². The molecule has 1 heterocycles. The third-order valence-electron chi connectivity index (χ3n) is 5.07. The van der Waals surface area contributed by atoms with Gasteiger partial charge >= 0.3 is 0 Å². The van der Waals surface area contributed by atoms with Crippen LogP contribution in [0.2, 0.25) is 0 Å². The number of carbonyl (C=O) groups excluding carboxylic acids is 2. The number of anilines is 1. The van der Waals surface area contributed by atoms with E-state index in [0.29, 0.717) is 18.0 Å². The molecular weight excluding hydrogens is 332 g/mol. The van der Waals surface area contributed by atoms with Gasteiger partial charge in [0, 0.05) is 25.3 Å². The van der Waals surface area contributed by atoms with Gasteiger partial charge in [0.15, 0.2) is 0 Å². The molecule has 1 saturated heterocycles. The highest BCUT2D eigenvalue weighted by Gasteiger charge is 2.31. The summed E-state index contributed by atoms with van der Waals surface area (Å²) in [5.41, 5.74) is 0.674.